The van der Waals surface area contributed by atoms with E-state index in [4.69, 9.17) is 4.74 Å². The van der Waals surface area contributed by atoms with E-state index in [0.29, 0.717) is 22.3 Å². The number of ether oxygens (including phenoxy) is 1. The number of hydrogen-bond donors (Lipinski definition) is 2. The van der Waals surface area contributed by atoms with Crippen LogP contribution >= 0.6 is 11.3 Å². The fourth-order valence-electron chi connectivity index (χ4n) is 3.31. The van der Waals surface area contributed by atoms with Crippen molar-refractivity contribution in [3.8, 4) is 0 Å². The van der Waals surface area contributed by atoms with Gasteiger partial charge in [0.2, 0.25) is 11.0 Å². The first-order valence-corrected chi connectivity index (χ1v) is 10.3. The Morgan fingerprint density at radius 2 is 1.93 bits per heavy atom. The minimum atomic E-state index is -0.351. The standard InChI is InChI=1S/C21H21N5O3S/c1-29-13-18-24-25-21(30-18)23-17(27)11-12-26-19(14-7-3-2-4-8-14)22-16-10-6-5-9-15(16)20(26)28/h2-10,19,22H,11-13H2,1H3,(H,23,25,27)/t19-/m1/s1. The van der Waals surface area contributed by atoms with Gasteiger partial charge in [-0.05, 0) is 17.7 Å². The summed E-state index contributed by atoms with van der Waals surface area (Å²) in [5.74, 6) is -0.335. The largest absolute Gasteiger partial charge is 0.377 e. The minimum absolute atomic E-state index is 0.107. The van der Waals surface area contributed by atoms with Gasteiger partial charge in [0.1, 0.15) is 17.8 Å². The first-order valence-electron chi connectivity index (χ1n) is 9.48. The van der Waals surface area contributed by atoms with Crippen molar-refractivity contribution in [2.45, 2.75) is 19.2 Å². The molecule has 1 aliphatic heterocycles. The smallest absolute Gasteiger partial charge is 0.257 e. The average Bonchev–Trinajstić information content (AvgIpc) is 3.20. The van der Waals surface area contributed by atoms with Crippen molar-refractivity contribution in [2.24, 2.45) is 0 Å². The summed E-state index contributed by atoms with van der Waals surface area (Å²) >= 11 is 1.26. The molecule has 0 radical (unpaired) electrons. The lowest BCUT2D eigenvalue weighted by atomic mass is 10.0. The van der Waals surface area contributed by atoms with E-state index in [1.165, 1.54) is 11.3 Å². The van der Waals surface area contributed by atoms with E-state index >= 15 is 0 Å². The summed E-state index contributed by atoms with van der Waals surface area (Å²) < 4.78 is 5.01. The van der Waals surface area contributed by atoms with Crippen LogP contribution < -0.4 is 10.6 Å². The Morgan fingerprint density at radius 3 is 2.73 bits per heavy atom. The van der Waals surface area contributed by atoms with Gasteiger partial charge in [0.05, 0.1) is 5.56 Å². The molecule has 4 rings (SSSR count). The van der Waals surface area contributed by atoms with E-state index in [0.717, 1.165) is 11.3 Å². The Morgan fingerprint density at radius 1 is 1.17 bits per heavy atom. The highest BCUT2D eigenvalue weighted by atomic mass is 32.1. The molecule has 0 unspecified atom stereocenters. The van der Waals surface area contributed by atoms with Crippen LogP contribution in [0.1, 0.15) is 33.5 Å². The molecule has 0 saturated carbocycles. The molecular formula is C21H21N5O3S. The topological polar surface area (TPSA) is 96.5 Å². The predicted molar refractivity (Wildman–Crippen MR) is 114 cm³/mol. The van der Waals surface area contributed by atoms with Gasteiger partial charge < -0.3 is 20.3 Å². The third-order valence-electron chi connectivity index (χ3n) is 4.70. The van der Waals surface area contributed by atoms with Crippen LogP contribution in [0.5, 0.6) is 0 Å². The number of carbonyl (C=O) groups is 2. The van der Waals surface area contributed by atoms with Crippen LogP contribution in [0.4, 0.5) is 10.8 Å². The summed E-state index contributed by atoms with van der Waals surface area (Å²) in [5, 5.41) is 15.2. The summed E-state index contributed by atoms with van der Waals surface area (Å²) in [6.07, 6.45) is -0.214. The highest BCUT2D eigenvalue weighted by Crippen LogP contribution is 2.33. The van der Waals surface area contributed by atoms with Gasteiger partial charge in [-0.1, -0.05) is 53.8 Å². The fraction of sp³-hybridized carbons (Fsp3) is 0.238. The molecule has 1 aliphatic rings. The van der Waals surface area contributed by atoms with Crippen LogP contribution in [0.2, 0.25) is 0 Å². The maximum Gasteiger partial charge on any atom is 0.257 e. The van der Waals surface area contributed by atoms with Crippen molar-refractivity contribution < 1.29 is 14.3 Å². The van der Waals surface area contributed by atoms with Gasteiger partial charge in [0.25, 0.3) is 5.91 Å². The number of methoxy groups -OCH3 is 1. The predicted octanol–water partition coefficient (Wildman–Crippen LogP) is 3.28. The van der Waals surface area contributed by atoms with Crippen molar-refractivity contribution >= 4 is 34.0 Å². The second kappa shape index (κ2) is 9.02. The number of benzene rings is 2. The van der Waals surface area contributed by atoms with Crippen molar-refractivity contribution in [1.29, 1.82) is 0 Å². The molecule has 0 spiro atoms. The van der Waals surface area contributed by atoms with E-state index in [1.54, 1.807) is 18.1 Å². The summed E-state index contributed by atoms with van der Waals surface area (Å²) in [6.45, 7) is 0.606. The monoisotopic (exact) mass is 423 g/mol. The first-order chi connectivity index (χ1) is 14.7. The molecule has 0 bridgehead atoms. The SMILES string of the molecule is COCc1nnc(NC(=O)CCN2C(=O)c3ccccc3N[C@H]2c2ccccc2)s1. The van der Waals surface area contributed by atoms with Gasteiger partial charge in [-0.25, -0.2) is 0 Å². The Labute approximate surface area is 177 Å². The number of fused-ring (bicyclic) bond motifs is 1. The molecule has 2 aromatic carbocycles. The minimum Gasteiger partial charge on any atom is -0.377 e. The van der Waals surface area contributed by atoms with Gasteiger partial charge in [-0.2, -0.15) is 0 Å². The number of anilines is 2. The summed E-state index contributed by atoms with van der Waals surface area (Å²) in [4.78, 5) is 27.3. The first kappa shape index (κ1) is 20.0. The molecule has 30 heavy (non-hydrogen) atoms. The molecule has 0 aliphatic carbocycles. The van der Waals surface area contributed by atoms with E-state index in [9.17, 15) is 9.59 Å². The third kappa shape index (κ3) is 4.32. The molecule has 3 aromatic rings. The Bertz CT molecular complexity index is 1040. The summed E-state index contributed by atoms with van der Waals surface area (Å²) in [6, 6.07) is 17.1. The molecular weight excluding hydrogens is 402 g/mol. The van der Waals surface area contributed by atoms with Gasteiger partial charge in [-0.15, -0.1) is 10.2 Å². The number of nitrogens with zero attached hydrogens (tertiary/aromatic N) is 3. The van der Waals surface area contributed by atoms with E-state index in [2.05, 4.69) is 20.8 Å². The van der Waals surface area contributed by atoms with Crippen LogP contribution in [0, 0.1) is 0 Å². The zero-order valence-corrected chi connectivity index (χ0v) is 17.2. The molecule has 0 saturated heterocycles. The van der Waals surface area contributed by atoms with Crippen LogP contribution in [0.15, 0.2) is 54.6 Å². The second-order valence-corrected chi connectivity index (χ2v) is 7.80. The number of nitrogens with one attached hydrogen (secondary N) is 2. The van der Waals surface area contributed by atoms with Gasteiger partial charge in [0, 0.05) is 25.8 Å². The van der Waals surface area contributed by atoms with Crippen molar-refractivity contribution in [2.75, 3.05) is 24.3 Å². The van der Waals surface area contributed by atoms with Crippen LogP contribution in [-0.2, 0) is 16.1 Å². The number of para-hydroxylation sites is 1. The molecule has 0 fully saturated rings. The summed E-state index contributed by atoms with van der Waals surface area (Å²) in [7, 11) is 1.57. The molecule has 2 N–H and O–H groups in total. The Balaban J connectivity index is 1.48. The normalized spacial score (nSPS) is 15.4. The van der Waals surface area contributed by atoms with Crippen molar-refractivity contribution in [3.05, 3.63) is 70.7 Å². The average molecular weight is 423 g/mol. The zero-order chi connectivity index (χ0) is 20.9. The molecule has 8 nitrogen and oxygen atoms in total. The van der Waals surface area contributed by atoms with Crippen molar-refractivity contribution in [3.63, 3.8) is 0 Å². The lowest BCUT2D eigenvalue weighted by Crippen LogP contribution is -2.44. The number of carbonyl (C=O) groups excluding carboxylic acids is 2. The molecule has 9 heteroatoms. The maximum atomic E-state index is 13.2. The highest BCUT2D eigenvalue weighted by molar-refractivity contribution is 7.15. The van der Waals surface area contributed by atoms with Gasteiger partial charge >= 0.3 is 0 Å². The van der Waals surface area contributed by atoms with Gasteiger partial charge in [-0.3, -0.25) is 9.59 Å². The van der Waals surface area contributed by atoms with Crippen molar-refractivity contribution in [1.82, 2.24) is 15.1 Å². The van der Waals surface area contributed by atoms with Crippen LogP contribution in [-0.4, -0.2) is 40.6 Å². The number of rotatable bonds is 7. The number of hydrogen-bond acceptors (Lipinski definition) is 7. The molecule has 2 heterocycles. The highest BCUT2D eigenvalue weighted by Gasteiger charge is 2.32. The number of amides is 2. The van der Waals surface area contributed by atoms with Crippen LogP contribution in [0.3, 0.4) is 0 Å². The number of aromatic nitrogens is 2. The lowest BCUT2D eigenvalue weighted by molar-refractivity contribution is -0.116. The Kier molecular flexibility index (Phi) is 6.01. The third-order valence-corrected chi connectivity index (χ3v) is 5.51. The quantitative estimate of drug-likeness (QED) is 0.605. The Hall–Kier alpha value is -3.30. The summed E-state index contributed by atoms with van der Waals surface area (Å²) in [5.41, 5.74) is 2.34. The fourth-order valence-corrected chi connectivity index (χ4v) is 4.04. The molecule has 1 atom stereocenters. The van der Waals surface area contributed by atoms with Crippen LogP contribution in [0.25, 0.3) is 0 Å². The molecule has 154 valence electrons. The molecule has 1 aromatic heterocycles. The maximum absolute atomic E-state index is 13.2. The van der Waals surface area contributed by atoms with Gasteiger partial charge in [0.15, 0.2) is 0 Å². The van der Waals surface area contributed by atoms with E-state index < -0.39 is 0 Å². The second-order valence-electron chi connectivity index (χ2n) is 6.73. The lowest BCUT2D eigenvalue weighted by Gasteiger charge is -2.38. The molecule has 2 amide bonds. The van der Waals surface area contributed by atoms with E-state index in [1.807, 2.05) is 48.5 Å². The van der Waals surface area contributed by atoms with E-state index in [-0.39, 0.29) is 30.9 Å². The zero-order valence-electron chi connectivity index (χ0n) is 16.4.